The lowest BCUT2D eigenvalue weighted by Gasteiger charge is -2.24. The molecule has 0 bridgehead atoms. The molecule has 2 nitrogen and oxygen atoms in total. The fourth-order valence-corrected chi connectivity index (χ4v) is 3.04. The second-order valence-corrected chi connectivity index (χ2v) is 6.47. The van der Waals surface area contributed by atoms with Gasteiger partial charge in [0, 0.05) is 6.42 Å². The van der Waals surface area contributed by atoms with Gasteiger partial charge in [-0.05, 0) is 60.8 Å². The Morgan fingerprint density at radius 2 is 2.00 bits per heavy atom. The predicted octanol–water partition coefficient (Wildman–Crippen LogP) is 5.62. The largest absolute Gasteiger partial charge is 0.427 e. The van der Waals surface area contributed by atoms with Crippen molar-refractivity contribution in [3.8, 4) is 5.75 Å². The maximum absolute atomic E-state index is 11.3. The predicted molar refractivity (Wildman–Crippen MR) is 91.8 cm³/mol. The van der Waals surface area contributed by atoms with Crippen LogP contribution in [0.4, 0.5) is 0 Å². The third-order valence-corrected chi connectivity index (χ3v) is 4.70. The lowest BCUT2D eigenvalue weighted by Crippen LogP contribution is -2.09. The average molecular weight is 300 g/mol. The fourth-order valence-electron chi connectivity index (χ4n) is 3.04. The number of hydrogen-bond donors (Lipinski definition) is 0. The molecule has 2 unspecified atom stereocenters. The minimum atomic E-state index is -0.183. The van der Waals surface area contributed by atoms with Crippen LogP contribution < -0.4 is 4.74 Å². The van der Waals surface area contributed by atoms with Gasteiger partial charge in [0.25, 0.3) is 0 Å². The molecule has 0 N–H and O–H groups in total. The molecule has 1 aromatic rings. The number of benzene rings is 1. The van der Waals surface area contributed by atoms with E-state index in [9.17, 15) is 4.79 Å². The Labute approximate surface area is 134 Å². The van der Waals surface area contributed by atoms with Crippen molar-refractivity contribution in [2.24, 2.45) is 11.8 Å². The van der Waals surface area contributed by atoms with Crippen molar-refractivity contribution in [2.45, 2.75) is 59.3 Å². The molecule has 0 heterocycles. The number of ether oxygens (including phenoxy) is 1. The Morgan fingerprint density at radius 1 is 1.27 bits per heavy atom. The van der Waals surface area contributed by atoms with E-state index in [1.807, 2.05) is 12.1 Å². The molecule has 0 aromatic heterocycles. The summed E-state index contributed by atoms with van der Waals surface area (Å²) >= 11 is 0. The molecule has 2 heteroatoms. The van der Waals surface area contributed by atoms with Crippen LogP contribution in [0.5, 0.6) is 5.75 Å². The lowest BCUT2D eigenvalue weighted by atomic mass is 9.81. The Hall–Kier alpha value is -1.57. The minimum Gasteiger partial charge on any atom is -0.427 e. The summed E-state index contributed by atoms with van der Waals surface area (Å²) in [5.41, 5.74) is 2.70. The van der Waals surface area contributed by atoms with Crippen molar-refractivity contribution in [2.75, 3.05) is 0 Å². The van der Waals surface area contributed by atoms with Crippen LogP contribution in [0, 0.1) is 11.8 Å². The van der Waals surface area contributed by atoms with E-state index in [-0.39, 0.29) is 5.97 Å². The molecule has 1 aliphatic carbocycles. The molecule has 0 spiro atoms. The monoisotopic (exact) mass is 300 g/mol. The van der Waals surface area contributed by atoms with Gasteiger partial charge >= 0.3 is 5.97 Å². The van der Waals surface area contributed by atoms with Gasteiger partial charge in [0.15, 0.2) is 0 Å². The molecule has 0 saturated carbocycles. The Kier molecular flexibility index (Phi) is 6.23. The van der Waals surface area contributed by atoms with Crippen LogP contribution in [-0.4, -0.2) is 5.97 Å². The maximum Gasteiger partial charge on any atom is 0.310 e. The van der Waals surface area contributed by atoms with Gasteiger partial charge in [-0.15, -0.1) is 0 Å². The average Bonchev–Trinajstić information content (AvgIpc) is 2.56. The third-order valence-electron chi connectivity index (χ3n) is 4.70. The molecule has 22 heavy (non-hydrogen) atoms. The summed E-state index contributed by atoms with van der Waals surface area (Å²) in [6.07, 6.45) is 9.11. The summed E-state index contributed by atoms with van der Waals surface area (Å²) in [4.78, 5) is 11.3. The van der Waals surface area contributed by atoms with Crippen molar-refractivity contribution in [3.05, 3.63) is 35.9 Å². The van der Waals surface area contributed by atoms with Crippen molar-refractivity contribution < 1.29 is 9.53 Å². The zero-order chi connectivity index (χ0) is 15.9. The Balaban J connectivity index is 1.94. The molecule has 0 aliphatic heterocycles. The van der Waals surface area contributed by atoms with E-state index in [2.05, 4.69) is 32.1 Å². The number of esters is 1. The van der Waals surface area contributed by atoms with E-state index >= 15 is 0 Å². The van der Waals surface area contributed by atoms with Gasteiger partial charge < -0.3 is 4.74 Å². The normalized spacial score (nSPS) is 19.4. The first-order chi connectivity index (χ1) is 10.6. The first kappa shape index (κ1) is 16.8. The van der Waals surface area contributed by atoms with Gasteiger partial charge in [0.1, 0.15) is 5.75 Å². The van der Waals surface area contributed by atoms with Gasteiger partial charge in [0.2, 0.25) is 0 Å². The van der Waals surface area contributed by atoms with Crippen molar-refractivity contribution in [1.82, 2.24) is 0 Å². The summed E-state index contributed by atoms with van der Waals surface area (Å²) in [7, 11) is 0. The Bertz CT molecular complexity index is 513. The summed E-state index contributed by atoms with van der Waals surface area (Å²) in [6, 6.07) is 7.93. The van der Waals surface area contributed by atoms with Crippen LogP contribution in [0.3, 0.4) is 0 Å². The lowest BCUT2D eigenvalue weighted by molar-refractivity contribution is -0.134. The quantitative estimate of drug-likeness (QED) is 0.503. The van der Waals surface area contributed by atoms with E-state index in [1.165, 1.54) is 36.8 Å². The highest BCUT2D eigenvalue weighted by atomic mass is 16.5. The second kappa shape index (κ2) is 8.17. The molecule has 2 rings (SSSR count). The maximum atomic E-state index is 11.3. The molecule has 2 atom stereocenters. The van der Waals surface area contributed by atoms with Crippen LogP contribution in [0.15, 0.2) is 30.3 Å². The van der Waals surface area contributed by atoms with Crippen LogP contribution in [0.1, 0.15) is 64.9 Å². The molecular formula is C20H28O2. The molecular weight excluding hydrogens is 272 g/mol. The van der Waals surface area contributed by atoms with Crippen LogP contribution in [0.2, 0.25) is 0 Å². The summed E-state index contributed by atoms with van der Waals surface area (Å²) in [5.74, 6) is 2.15. The first-order valence-electron chi connectivity index (χ1n) is 8.62. The number of rotatable bonds is 6. The molecule has 0 saturated heterocycles. The minimum absolute atomic E-state index is 0.183. The fraction of sp³-hybridized carbons (Fsp3) is 0.550. The van der Waals surface area contributed by atoms with Crippen molar-refractivity contribution in [3.63, 3.8) is 0 Å². The molecule has 120 valence electrons. The highest BCUT2D eigenvalue weighted by Gasteiger charge is 2.17. The van der Waals surface area contributed by atoms with Crippen molar-refractivity contribution >= 4 is 11.5 Å². The summed E-state index contributed by atoms with van der Waals surface area (Å²) in [6.45, 7) is 6.44. The van der Waals surface area contributed by atoms with E-state index < -0.39 is 0 Å². The smallest absolute Gasteiger partial charge is 0.310 e. The van der Waals surface area contributed by atoms with Crippen LogP contribution in [0.25, 0.3) is 5.57 Å². The number of carbonyl (C=O) groups is 1. The van der Waals surface area contributed by atoms with Gasteiger partial charge in [-0.3, -0.25) is 4.79 Å². The second-order valence-electron chi connectivity index (χ2n) is 6.47. The number of carbonyl (C=O) groups excluding carboxylic acids is 1. The van der Waals surface area contributed by atoms with E-state index in [4.69, 9.17) is 4.74 Å². The van der Waals surface area contributed by atoms with E-state index in [0.29, 0.717) is 12.2 Å². The van der Waals surface area contributed by atoms with E-state index in [0.717, 1.165) is 18.3 Å². The van der Waals surface area contributed by atoms with Gasteiger partial charge in [-0.1, -0.05) is 45.4 Å². The number of allylic oxidation sites excluding steroid dienone is 2. The molecule has 1 aromatic carbocycles. The van der Waals surface area contributed by atoms with E-state index in [1.54, 1.807) is 6.92 Å². The topological polar surface area (TPSA) is 26.3 Å². The summed E-state index contributed by atoms with van der Waals surface area (Å²) in [5, 5.41) is 0. The summed E-state index contributed by atoms with van der Waals surface area (Å²) < 4.78 is 5.22. The zero-order valence-corrected chi connectivity index (χ0v) is 14.1. The van der Waals surface area contributed by atoms with Crippen molar-refractivity contribution in [1.29, 1.82) is 0 Å². The highest BCUT2D eigenvalue weighted by Crippen LogP contribution is 2.34. The van der Waals surface area contributed by atoms with Crippen LogP contribution in [-0.2, 0) is 4.79 Å². The molecule has 0 fully saturated rings. The first-order valence-corrected chi connectivity index (χ1v) is 8.62. The van der Waals surface area contributed by atoms with Gasteiger partial charge in [-0.25, -0.2) is 0 Å². The zero-order valence-electron chi connectivity index (χ0n) is 14.1. The molecule has 0 radical (unpaired) electrons. The van der Waals surface area contributed by atoms with Crippen LogP contribution >= 0.6 is 0 Å². The SMILES string of the molecule is CCC(=O)Oc1ccc(C2=CCC(CC(C)CC)CC2)cc1. The Morgan fingerprint density at radius 3 is 2.55 bits per heavy atom. The molecule has 0 amide bonds. The number of hydrogen-bond acceptors (Lipinski definition) is 2. The van der Waals surface area contributed by atoms with Gasteiger partial charge in [0.05, 0.1) is 0 Å². The van der Waals surface area contributed by atoms with Gasteiger partial charge in [-0.2, -0.15) is 0 Å². The standard InChI is InChI=1S/C20H28O2/c1-4-15(3)14-16-6-8-17(9-7-16)18-10-12-19(13-11-18)22-20(21)5-2/h8,10-13,15-16H,4-7,9,14H2,1-3H3. The highest BCUT2D eigenvalue weighted by molar-refractivity contribution is 5.72. The third kappa shape index (κ3) is 4.72. The molecule has 1 aliphatic rings.